The maximum atomic E-state index is 12.6. The summed E-state index contributed by atoms with van der Waals surface area (Å²) in [5.41, 5.74) is 1.96. The summed E-state index contributed by atoms with van der Waals surface area (Å²) in [6.07, 6.45) is 3.76. The largest absolute Gasteiger partial charge is 0.339 e. The van der Waals surface area contributed by atoms with Gasteiger partial charge in [-0.25, -0.2) is 9.97 Å². The highest BCUT2D eigenvalue weighted by Gasteiger charge is 2.23. The van der Waals surface area contributed by atoms with Crippen LogP contribution in [-0.4, -0.2) is 59.4 Å². The molecule has 1 aromatic carbocycles. The Morgan fingerprint density at radius 3 is 2.26 bits per heavy atom. The van der Waals surface area contributed by atoms with Gasteiger partial charge in [-0.2, -0.15) is 0 Å². The normalized spacial score (nSPS) is 14.1. The fourth-order valence-electron chi connectivity index (χ4n) is 3.17. The van der Waals surface area contributed by atoms with Gasteiger partial charge in [-0.3, -0.25) is 9.59 Å². The maximum Gasteiger partial charge on any atom is 0.225 e. The van der Waals surface area contributed by atoms with Gasteiger partial charge in [-0.15, -0.1) is 0 Å². The molecule has 0 atom stereocenters. The third-order valence-electron chi connectivity index (χ3n) is 4.74. The van der Waals surface area contributed by atoms with E-state index in [0.29, 0.717) is 45.1 Å². The van der Waals surface area contributed by atoms with Gasteiger partial charge >= 0.3 is 0 Å². The Morgan fingerprint density at radius 1 is 1.04 bits per heavy atom. The second-order valence-electron chi connectivity index (χ2n) is 6.67. The van der Waals surface area contributed by atoms with E-state index in [1.165, 1.54) is 6.92 Å². The molecule has 0 aliphatic carbocycles. The van der Waals surface area contributed by atoms with Crippen LogP contribution >= 0.6 is 0 Å². The van der Waals surface area contributed by atoms with E-state index in [9.17, 15) is 9.59 Å². The maximum absolute atomic E-state index is 12.6. The molecule has 0 bridgehead atoms. The molecule has 0 saturated carbocycles. The topological polar surface area (TPSA) is 69.6 Å². The minimum atomic E-state index is -0.0577. The first-order chi connectivity index (χ1) is 13.0. The highest BCUT2D eigenvalue weighted by atomic mass is 16.2. The zero-order valence-corrected chi connectivity index (χ0v) is 15.8. The van der Waals surface area contributed by atoms with Crippen LogP contribution in [0.3, 0.4) is 0 Å². The van der Waals surface area contributed by atoms with E-state index in [4.69, 9.17) is 0 Å². The van der Waals surface area contributed by atoms with Crippen LogP contribution in [-0.2, 0) is 9.59 Å². The predicted molar refractivity (Wildman–Crippen MR) is 105 cm³/mol. The second kappa shape index (κ2) is 8.62. The van der Waals surface area contributed by atoms with E-state index in [1.807, 2.05) is 36.1 Å². The Balaban J connectivity index is 1.53. The van der Waals surface area contributed by atoms with E-state index >= 15 is 0 Å². The number of anilines is 2. The van der Waals surface area contributed by atoms with Crippen LogP contribution in [0.1, 0.15) is 18.9 Å². The number of hydrogen-bond acceptors (Lipinski definition) is 5. The van der Waals surface area contributed by atoms with Crippen molar-refractivity contribution in [1.82, 2.24) is 14.9 Å². The van der Waals surface area contributed by atoms with Crippen molar-refractivity contribution < 1.29 is 9.59 Å². The number of aryl methyl sites for hydroxylation is 1. The molecule has 142 valence electrons. The molecule has 1 aliphatic heterocycles. The number of carbonyl (C=O) groups is 2. The molecule has 7 heteroatoms. The highest BCUT2D eigenvalue weighted by molar-refractivity contribution is 5.92. The van der Waals surface area contributed by atoms with E-state index in [1.54, 1.807) is 23.4 Å². The van der Waals surface area contributed by atoms with Crippen LogP contribution in [0.4, 0.5) is 11.6 Å². The molecular weight excluding hydrogens is 342 g/mol. The number of benzene rings is 1. The minimum absolute atomic E-state index is 0.0577. The molecule has 7 nitrogen and oxygen atoms in total. The van der Waals surface area contributed by atoms with Gasteiger partial charge in [0.25, 0.3) is 0 Å². The average Bonchev–Trinajstić information content (AvgIpc) is 2.70. The lowest BCUT2D eigenvalue weighted by atomic mass is 10.2. The van der Waals surface area contributed by atoms with Gasteiger partial charge in [0.1, 0.15) is 0 Å². The molecule has 1 saturated heterocycles. The second-order valence-corrected chi connectivity index (χ2v) is 6.67. The van der Waals surface area contributed by atoms with Crippen LogP contribution in [0, 0.1) is 6.92 Å². The van der Waals surface area contributed by atoms with Crippen LogP contribution < -0.4 is 9.80 Å². The SMILES string of the molecule is CC(=O)N(CCC(=O)N1CCN(c2ncccn2)CC1)c1ccc(C)cc1. The lowest BCUT2D eigenvalue weighted by Gasteiger charge is -2.35. The summed E-state index contributed by atoms with van der Waals surface area (Å²) in [7, 11) is 0. The van der Waals surface area contributed by atoms with Crippen molar-refractivity contribution in [3.05, 3.63) is 48.3 Å². The molecule has 1 fully saturated rings. The molecule has 2 heterocycles. The standard InChI is InChI=1S/C20H25N5O2/c1-16-4-6-18(7-5-16)25(17(2)26)11-8-19(27)23-12-14-24(15-13-23)20-21-9-3-10-22-20/h3-7,9-10H,8,11-15H2,1-2H3. The van der Waals surface area contributed by atoms with Crippen LogP contribution in [0.2, 0.25) is 0 Å². The Kier molecular flexibility index (Phi) is 6.01. The number of rotatable bonds is 5. The van der Waals surface area contributed by atoms with Crippen LogP contribution in [0.25, 0.3) is 0 Å². The lowest BCUT2D eigenvalue weighted by Crippen LogP contribution is -2.49. The van der Waals surface area contributed by atoms with E-state index in [2.05, 4.69) is 14.9 Å². The average molecular weight is 367 g/mol. The highest BCUT2D eigenvalue weighted by Crippen LogP contribution is 2.17. The molecule has 2 aromatic rings. The number of carbonyl (C=O) groups excluding carboxylic acids is 2. The Hall–Kier alpha value is -2.96. The fourth-order valence-corrected chi connectivity index (χ4v) is 3.17. The van der Waals surface area contributed by atoms with Crippen molar-refractivity contribution in [1.29, 1.82) is 0 Å². The fraction of sp³-hybridized carbons (Fsp3) is 0.400. The quantitative estimate of drug-likeness (QED) is 0.807. The van der Waals surface area contributed by atoms with E-state index < -0.39 is 0 Å². The van der Waals surface area contributed by atoms with Crippen molar-refractivity contribution in [2.75, 3.05) is 42.5 Å². The van der Waals surface area contributed by atoms with Crippen molar-refractivity contribution in [2.45, 2.75) is 20.3 Å². The first-order valence-electron chi connectivity index (χ1n) is 9.19. The van der Waals surface area contributed by atoms with Gasteiger partial charge in [0.15, 0.2) is 0 Å². The van der Waals surface area contributed by atoms with Gasteiger partial charge < -0.3 is 14.7 Å². The molecule has 3 rings (SSSR count). The predicted octanol–water partition coefficient (Wildman–Crippen LogP) is 1.88. The Labute approximate surface area is 159 Å². The number of nitrogens with zero attached hydrogens (tertiary/aromatic N) is 5. The Bertz CT molecular complexity index is 771. The van der Waals surface area contributed by atoms with Gasteiger partial charge in [-0.1, -0.05) is 17.7 Å². The monoisotopic (exact) mass is 367 g/mol. The molecule has 27 heavy (non-hydrogen) atoms. The van der Waals surface area contributed by atoms with Gasteiger partial charge in [0, 0.05) is 64.1 Å². The summed E-state index contributed by atoms with van der Waals surface area (Å²) in [6, 6.07) is 9.56. The first kappa shape index (κ1) is 18.8. The number of hydrogen-bond donors (Lipinski definition) is 0. The zero-order valence-electron chi connectivity index (χ0n) is 15.8. The van der Waals surface area contributed by atoms with Crippen LogP contribution in [0.15, 0.2) is 42.7 Å². The molecule has 0 radical (unpaired) electrons. The molecular formula is C20H25N5O2. The third kappa shape index (κ3) is 4.81. The van der Waals surface area contributed by atoms with Gasteiger partial charge in [-0.05, 0) is 25.1 Å². The van der Waals surface area contributed by atoms with E-state index in [-0.39, 0.29) is 11.8 Å². The molecule has 1 aliphatic rings. The molecule has 0 unspecified atom stereocenters. The number of piperazine rings is 1. The summed E-state index contributed by atoms with van der Waals surface area (Å²) in [5.74, 6) is 0.714. The van der Waals surface area contributed by atoms with Crippen molar-refractivity contribution in [3.8, 4) is 0 Å². The molecule has 0 N–H and O–H groups in total. The van der Waals surface area contributed by atoms with E-state index in [0.717, 1.165) is 11.3 Å². The van der Waals surface area contributed by atoms with Crippen molar-refractivity contribution in [2.24, 2.45) is 0 Å². The summed E-state index contributed by atoms with van der Waals surface area (Å²) in [4.78, 5) is 38.7. The van der Waals surface area contributed by atoms with Gasteiger partial charge in [0.2, 0.25) is 17.8 Å². The molecule has 2 amide bonds. The summed E-state index contributed by atoms with van der Waals surface area (Å²) >= 11 is 0. The van der Waals surface area contributed by atoms with Crippen LogP contribution in [0.5, 0.6) is 0 Å². The van der Waals surface area contributed by atoms with Crippen molar-refractivity contribution >= 4 is 23.5 Å². The first-order valence-corrected chi connectivity index (χ1v) is 9.19. The smallest absolute Gasteiger partial charge is 0.225 e. The number of amides is 2. The lowest BCUT2D eigenvalue weighted by molar-refractivity contribution is -0.131. The summed E-state index contributed by atoms with van der Waals surface area (Å²) in [6.45, 7) is 6.63. The summed E-state index contributed by atoms with van der Waals surface area (Å²) < 4.78 is 0. The third-order valence-corrected chi connectivity index (χ3v) is 4.74. The molecule has 0 spiro atoms. The van der Waals surface area contributed by atoms with Crippen molar-refractivity contribution in [3.63, 3.8) is 0 Å². The summed E-state index contributed by atoms with van der Waals surface area (Å²) in [5, 5.41) is 0. The minimum Gasteiger partial charge on any atom is -0.339 e. The van der Waals surface area contributed by atoms with Gasteiger partial charge in [0.05, 0.1) is 0 Å². The zero-order chi connectivity index (χ0) is 19.2. The Morgan fingerprint density at radius 2 is 1.67 bits per heavy atom. The molecule has 1 aromatic heterocycles. The number of aromatic nitrogens is 2.